The third-order valence-electron chi connectivity index (χ3n) is 4.61. The van der Waals surface area contributed by atoms with Gasteiger partial charge in [-0.05, 0) is 41.8 Å². The van der Waals surface area contributed by atoms with Gasteiger partial charge < -0.3 is 5.32 Å². The van der Waals surface area contributed by atoms with E-state index in [0.29, 0.717) is 16.8 Å². The molecule has 3 rings (SSSR count). The summed E-state index contributed by atoms with van der Waals surface area (Å²) in [6.45, 7) is 0. The predicted molar refractivity (Wildman–Crippen MR) is 123 cm³/mol. The monoisotopic (exact) mass is 491 g/mol. The molecule has 1 atom stereocenters. The lowest BCUT2D eigenvalue weighted by Gasteiger charge is -2.19. The number of hydrogen-bond donors (Lipinski definition) is 3. The first-order valence-corrected chi connectivity index (χ1v) is 12.9. The van der Waals surface area contributed by atoms with Crippen molar-refractivity contribution >= 4 is 31.6 Å². The molecule has 0 aromatic heterocycles. The van der Waals surface area contributed by atoms with Gasteiger partial charge >= 0.3 is 0 Å². The first-order chi connectivity index (χ1) is 15.5. The SMILES string of the molecule is NS(=O)(=O)Cc1ccc(NC(=O)[C@H](Cc2ccccc2)NS(=O)(=O)c2ccccc2F)cc1. The van der Waals surface area contributed by atoms with Gasteiger partial charge in [-0.3, -0.25) is 4.79 Å². The highest BCUT2D eigenvalue weighted by Crippen LogP contribution is 2.17. The van der Waals surface area contributed by atoms with Gasteiger partial charge in [0.1, 0.15) is 16.8 Å². The number of amides is 1. The van der Waals surface area contributed by atoms with Crippen molar-refractivity contribution in [2.45, 2.75) is 23.1 Å². The Hall–Kier alpha value is -3.12. The maximum Gasteiger partial charge on any atom is 0.244 e. The molecule has 33 heavy (non-hydrogen) atoms. The maximum absolute atomic E-state index is 14.1. The highest BCUT2D eigenvalue weighted by molar-refractivity contribution is 7.89. The standard InChI is InChI=1S/C22H22FN3O5S2/c23-19-8-4-5-9-21(19)33(30,31)26-20(14-16-6-2-1-3-7-16)22(27)25-18-12-10-17(11-13-18)15-32(24,28)29/h1-13,20,26H,14-15H2,(H,25,27)(H2,24,28,29)/t20-/m0/s1. The van der Waals surface area contributed by atoms with Crippen LogP contribution in [0.1, 0.15) is 11.1 Å². The Morgan fingerprint density at radius 1 is 0.848 bits per heavy atom. The van der Waals surface area contributed by atoms with Crippen molar-refractivity contribution in [1.29, 1.82) is 0 Å². The summed E-state index contributed by atoms with van der Waals surface area (Å²) < 4.78 is 64.4. The molecular formula is C22H22FN3O5S2. The van der Waals surface area contributed by atoms with Crippen LogP contribution in [0.3, 0.4) is 0 Å². The zero-order chi connectivity index (χ0) is 24.1. The van der Waals surface area contributed by atoms with Crippen LogP contribution in [0.4, 0.5) is 10.1 Å². The second kappa shape index (κ2) is 10.2. The molecule has 3 aromatic carbocycles. The molecule has 0 aliphatic rings. The Morgan fingerprint density at radius 3 is 2.06 bits per heavy atom. The van der Waals surface area contributed by atoms with Crippen molar-refractivity contribution in [2.75, 3.05) is 5.32 Å². The van der Waals surface area contributed by atoms with Crippen LogP contribution in [0.5, 0.6) is 0 Å². The number of hydrogen-bond acceptors (Lipinski definition) is 5. The minimum Gasteiger partial charge on any atom is -0.325 e. The number of sulfonamides is 2. The molecule has 0 saturated heterocycles. The van der Waals surface area contributed by atoms with Crippen LogP contribution in [-0.2, 0) is 37.0 Å². The Balaban J connectivity index is 1.83. The molecule has 0 fully saturated rings. The lowest BCUT2D eigenvalue weighted by molar-refractivity contribution is -0.117. The summed E-state index contributed by atoms with van der Waals surface area (Å²) in [6.07, 6.45) is 0.0177. The van der Waals surface area contributed by atoms with Gasteiger partial charge in [0.25, 0.3) is 0 Å². The number of benzene rings is 3. The lowest BCUT2D eigenvalue weighted by atomic mass is 10.1. The van der Waals surface area contributed by atoms with E-state index in [1.807, 2.05) is 0 Å². The molecular weight excluding hydrogens is 469 g/mol. The quantitative estimate of drug-likeness (QED) is 0.421. The van der Waals surface area contributed by atoms with E-state index in [9.17, 15) is 26.0 Å². The predicted octanol–water partition coefficient (Wildman–Crippen LogP) is 2.14. The zero-order valence-corrected chi connectivity index (χ0v) is 18.9. The summed E-state index contributed by atoms with van der Waals surface area (Å²) in [4.78, 5) is 12.4. The fourth-order valence-corrected chi connectivity index (χ4v) is 5.03. The van der Waals surface area contributed by atoms with Crippen LogP contribution in [-0.4, -0.2) is 28.8 Å². The van der Waals surface area contributed by atoms with E-state index in [1.54, 1.807) is 30.3 Å². The van der Waals surface area contributed by atoms with Gasteiger partial charge in [0, 0.05) is 5.69 Å². The first kappa shape index (κ1) is 24.5. The summed E-state index contributed by atoms with van der Waals surface area (Å²) >= 11 is 0. The molecule has 1 amide bonds. The van der Waals surface area contributed by atoms with Crippen molar-refractivity contribution in [2.24, 2.45) is 5.14 Å². The second-order valence-electron chi connectivity index (χ2n) is 7.29. The van der Waals surface area contributed by atoms with Gasteiger partial charge in [0.15, 0.2) is 0 Å². The summed E-state index contributed by atoms with van der Waals surface area (Å²) in [6, 6.07) is 18.3. The number of carbonyl (C=O) groups is 1. The summed E-state index contributed by atoms with van der Waals surface area (Å²) in [5.41, 5.74) is 1.44. The zero-order valence-electron chi connectivity index (χ0n) is 17.3. The van der Waals surface area contributed by atoms with Crippen molar-refractivity contribution in [3.05, 3.63) is 95.8 Å². The third kappa shape index (κ3) is 7.19. The maximum atomic E-state index is 14.1. The number of halogens is 1. The fraction of sp³-hybridized carbons (Fsp3) is 0.136. The average Bonchev–Trinajstić information content (AvgIpc) is 2.74. The van der Waals surface area contributed by atoms with Crippen molar-refractivity contribution in [1.82, 2.24) is 4.72 Å². The van der Waals surface area contributed by atoms with Gasteiger partial charge in [0.05, 0.1) is 5.75 Å². The molecule has 0 spiro atoms. The highest BCUT2D eigenvalue weighted by Gasteiger charge is 2.28. The first-order valence-electron chi connectivity index (χ1n) is 9.74. The van der Waals surface area contributed by atoms with Gasteiger partial charge in [0.2, 0.25) is 26.0 Å². The largest absolute Gasteiger partial charge is 0.325 e. The fourth-order valence-electron chi connectivity index (χ4n) is 3.10. The molecule has 3 aromatic rings. The van der Waals surface area contributed by atoms with Gasteiger partial charge in [-0.15, -0.1) is 0 Å². The van der Waals surface area contributed by atoms with E-state index < -0.39 is 42.7 Å². The Kier molecular flexibility index (Phi) is 7.59. The van der Waals surface area contributed by atoms with Crippen molar-refractivity contribution in [3.8, 4) is 0 Å². The number of primary sulfonamides is 1. The van der Waals surface area contributed by atoms with E-state index in [4.69, 9.17) is 5.14 Å². The minimum absolute atomic E-state index is 0.0177. The molecule has 0 heterocycles. The second-order valence-corrected chi connectivity index (χ2v) is 10.6. The minimum atomic E-state index is -4.34. The molecule has 0 aliphatic heterocycles. The average molecular weight is 492 g/mol. The molecule has 0 bridgehead atoms. The van der Waals surface area contributed by atoms with Crippen molar-refractivity contribution < 1.29 is 26.0 Å². The van der Waals surface area contributed by atoms with E-state index in [-0.39, 0.29) is 12.2 Å². The number of carbonyl (C=O) groups excluding carboxylic acids is 1. The number of rotatable bonds is 9. The molecule has 0 saturated carbocycles. The molecule has 11 heteroatoms. The number of nitrogens with two attached hydrogens (primary N) is 1. The van der Waals surface area contributed by atoms with Crippen LogP contribution in [0, 0.1) is 5.82 Å². The van der Waals surface area contributed by atoms with E-state index in [2.05, 4.69) is 10.0 Å². The summed E-state index contributed by atoms with van der Waals surface area (Å²) in [7, 11) is -8.05. The Morgan fingerprint density at radius 2 is 1.45 bits per heavy atom. The van der Waals surface area contributed by atoms with Crippen LogP contribution < -0.4 is 15.2 Å². The van der Waals surface area contributed by atoms with E-state index >= 15 is 0 Å². The third-order valence-corrected chi connectivity index (χ3v) is 6.85. The molecule has 0 radical (unpaired) electrons. The number of anilines is 1. The van der Waals surface area contributed by atoms with E-state index in [0.717, 1.165) is 12.1 Å². The lowest BCUT2D eigenvalue weighted by Crippen LogP contribution is -2.45. The molecule has 8 nitrogen and oxygen atoms in total. The molecule has 4 N–H and O–H groups in total. The van der Waals surface area contributed by atoms with Gasteiger partial charge in [-0.1, -0.05) is 54.6 Å². The van der Waals surface area contributed by atoms with Gasteiger partial charge in [-0.2, -0.15) is 4.72 Å². The van der Waals surface area contributed by atoms with Crippen LogP contribution in [0.2, 0.25) is 0 Å². The molecule has 0 aliphatic carbocycles. The van der Waals surface area contributed by atoms with Crippen LogP contribution in [0.15, 0.2) is 83.8 Å². The molecule has 174 valence electrons. The smallest absolute Gasteiger partial charge is 0.244 e. The molecule has 0 unspecified atom stereocenters. The Bertz CT molecular complexity index is 1330. The number of nitrogens with one attached hydrogen (secondary N) is 2. The van der Waals surface area contributed by atoms with Gasteiger partial charge in [-0.25, -0.2) is 26.4 Å². The summed E-state index contributed by atoms with van der Waals surface area (Å²) in [5, 5.41) is 7.63. The van der Waals surface area contributed by atoms with E-state index in [1.165, 1.54) is 36.4 Å². The van der Waals surface area contributed by atoms with Crippen molar-refractivity contribution in [3.63, 3.8) is 0 Å². The van der Waals surface area contributed by atoms with Crippen LogP contribution >= 0.6 is 0 Å². The van der Waals surface area contributed by atoms with Crippen LogP contribution in [0.25, 0.3) is 0 Å². The Labute approximate surface area is 191 Å². The topological polar surface area (TPSA) is 135 Å². The normalized spacial score (nSPS) is 12.8. The highest BCUT2D eigenvalue weighted by atomic mass is 32.2. The summed E-state index contributed by atoms with van der Waals surface area (Å²) in [5.74, 6) is -1.97.